The lowest BCUT2D eigenvalue weighted by molar-refractivity contribution is -0.000646. The van der Waals surface area contributed by atoms with E-state index < -0.39 is 0 Å². The number of hydrogen-bond donors (Lipinski definition) is 0. The summed E-state index contributed by atoms with van der Waals surface area (Å²) in [6.45, 7) is 6.00. The number of hydrogen-bond acceptors (Lipinski definition) is 4. The molecule has 4 nitrogen and oxygen atoms in total. The van der Waals surface area contributed by atoms with Crippen molar-refractivity contribution < 1.29 is 28.1 Å². The number of morpholine rings is 1. The minimum Gasteiger partial charge on any atom is -1.00 e. The molecule has 0 aromatic heterocycles. The molecule has 1 heterocycles. The van der Waals surface area contributed by atoms with E-state index in [9.17, 15) is 4.79 Å². The molecule has 6 heteroatoms. The number of ether oxygens (including phenoxy) is 2. The second kappa shape index (κ2) is 8.62. The van der Waals surface area contributed by atoms with E-state index in [0.29, 0.717) is 5.56 Å². The van der Waals surface area contributed by atoms with Gasteiger partial charge in [0.1, 0.15) is 6.10 Å². The van der Waals surface area contributed by atoms with Gasteiger partial charge in [-0.25, -0.2) is 4.79 Å². The molecule has 1 aromatic rings. The number of benzene rings is 1. The predicted octanol–water partition coefficient (Wildman–Crippen LogP) is -0.557. The number of halogens is 2. The van der Waals surface area contributed by atoms with Gasteiger partial charge in [0, 0.05) is 24.1 Å². The van der Waals surface area contributed by atoms with Gasteiger partial charge in [0.25, 0.3) is 0 Å². The largest absolute Gasteiger partial charge is 1.00 e. The average molecular weight is 365 g/mol. The minimum atomic E-state index is -0.270. The molecule has 0 amide bonds. The van der Waals surface area contributed by atoms with Crippen LogP contribution >= 0.6 is 15.9 Å². The molecule has 2 rings (SSSR count). The Morgan fingerprint density at radius 3 is 2.60 bits per heavy atom. The summed E-state index contributed by atoms with van der Waals surface area (Å²) in [5, 5.41) is 0. The van der Waals surface area contributed by atoms with E-state index in [1.807, 2.05) is 19.1 Å². The van der Waals surface area contributed by atoms with Crippen LogP contribution in [0.3, 0.4) is 0 Å². The molecule has 0 saturated carbocycles. The summed E-state index contributed by atoms with van der Waals surface area (Å²) in [4.78, 5) is 14.2. The van der Waals surface area contributed by atoms with E-state index in [-0.39, 0.29) is 25.9 Å². The molecule has 1 aliphatic heterocycles. The number of carbonyl (C=O) groups is 1. The lowest BCUT2D eigenvalue weighted by Crippen LogP contribution is -3.00. The van der Waals surface area contributed by atoms with Crippen LogP contribution in [0.2, 0.25) is 0 Å². The summed E-state index contributed by atoms with van der Waals surface area (Å²) in [6, 6.07) is 7.19. The van der Waals surface area contributed by atoms with E-state index in [1.165, 1.54) is 0 Å². The van der Waals surface area contributed by atoms with Crippen LogP contribution in [0.1, 0.15) is 18.7 Å². The highest BCUT2D eigenvalue weighted by Gasteiger charge is 2.17. The summed E-state index contributed by atoms with van der Waals surface area (Å²) in [7, 11) is 0. The van der Waals surface area contributed by atoms with Gasteiger partial charge in [-0.2, -0.15) is 0 Å². The van der Waals surface area contributed by atoms with Crippen LogP contribution in [0.25, 0.3) is 0 Å². The van der Waals surface area contributed by atoms with Gasteiger partial charge >= 0.3 is 7.40 Å². The first-order chi connectivity index (χ1) is 9.15. The molecule has 0 bridgehead atoms. The van der Waals surface area contributed by atoms with E-state index in [0.717, 1.165) is 37.3 Å². The zero-order chi connectivity index (χ0) is 13.7. The van der Waals surface area contributed by atoms with Crippen molar-refractivity contribution in [2.24, 2.45) is 0 Å². The zero-order valence-corrected chi connectivity index (χ0v) is 13.7. The van der Waals surface area contributed by atoms with Crippen LogP contribution in [0.4, 0.5) is 0 Å². The Bertz CT molecular complexity index is 427. The molecule has 1 fully saturated rings. The first-order valence-electron chi connectivity index (χ1n) is 6.42. The van der Waals surface area contributed by atoms with E-state index in [4.69, 9.17) is 9.47 Å². The Balaban J connectivity index is 0.00000200. The second-order valence-corrected chi connectivity index (χ2v) is 5.55. The Morgan fingerprint density at radius 2 is 2.00 bits per heavy atom. The Labute approximate surface area is 135 Å². The lowest BCUT2D eigenvalue weighted by Gasteiger charge is -2.28. The molecule has 0 spiro atoms. The SMILES string of the molecule is CC(CN1CCOCC1)OC(=O)c1ccc(Br)cc1.[Cl-].[H+]. The zero-order valence-electron chi connectivity index (χ0n) is 12.4. The fraction of sp³-hybridized carbons (Fsp3) is 0.500. The molecule has 1 aromatic carbocycles. The van der Waals surface area contributed by atoms with Crippen LogP contribution in [-0.2, 0) is 9.47 Å². The van der Waals surface area contributed by atoms with Gasteiger partial charge in [-0.15, -0.1) is 0 Å². The predicted molar refractivity (Wildman–Crippen MR) is 77.4 cm³/mol. The van der Waals surface area contributed by atoms with Gasteiger partial charge in [0.2, 0.25) is 0 Å². The molecule has 0 aliphatic carbocycles. The average Bonchev–Trinajstić information content (AvgIpc) is 2.40. The van der Waals surface area contributed by atoms with Crippen molar-refractivity contribution in [3.8, 4) is 0 Å². The lowest BCUT2D eigenvalue weighted by atomic mass is 10.2. The molecule has 112 valence electrons. The van der Waals surface area contributed by atoms with E-state index >= 15 is 0 Å². The second-order valence-electron chi connectivity index (χ2n) is 4.64. The van der Waals surface area contributed by atoms with Crippen LogP contribution in [0.15, 0.2) is 28.7 Å². The van der Waals surface area contributed by atoms with Gasteiger partial charge in [0.05, 0.1) is 18.8 Å². The molecule has 1 unspecified atom stereocenters. The monoisotopic (exact) mass is 363 g/mol. The maximum Gasteiger partial charge on any atom is 1.00 e. The first-order valence-corrected chi connectivity index (χ1v) is 7.21. The normalized spacial score (nSPS) is 17.1. The van der Waals surface area contributed by atoms with Crippen LogP contribution in [0, 0.1) is 0 Å². The summed E-state index contributed by atoms with van der Waals surface area (Å²) in [6.07, 6.45) is -0.116. The third-order valence-corrected chi connectivity index (χ3v) is 3.54. The quantitative estimate of drug-likeness (QED) is 0.672. The fourth-order valence-electron chi connectivity index (χ4n) is 2.02. The van der Waals surface area contributed by atoms with Crippen molar-refractivity contribution in [2.45, 2.75) is 13.0 Å². The third-order valence-electron chi connectivity index (χ3n) is 3.01. The van der Waals surface area contributed by atoms with Gasteiger partial charge in [-0.05, 0) is 31.2 Å². The van der Waals surface area contributed by atoms with Crippen molar-refractivity contribution in [2.75, 3.05) is 32.8 Å². The fourth-order valence-corrected chi connectivity index (χ4v) is 2.29. The molecule has 20 heavy (non-hydrogen) atoms. The third kappa shape index (κ3) is 5.40. The highest BCUT2D eigenvalue weighted by atomic mass is 79.9. The Morgan fingerprint density at radius 1 is 1.40 bits per heavy atom. The van der Waals surface area contributed by atoms with Gasteiger partial charge in [-0.1, -0.05) is 15.9 Å². The van der Waals surface area contributed by atoms with Gasteiger partial charge < -0.3 is 21.9 Å². The van der Waals surface area contributed by atoms with Crippen LogP contribution in [0.5, 0.6) is 0 Å². The Hall–Kier alpha value is -0.620. The molecule has 1 saturated heterocycles. The summed E-state index contributed by atoms with van der Waals surface area (Å²) in [5.74, 6) is -0.270. The van der Waals surface area contributed by atoms with E-state index in [1.54, 1.807) is 12.1 Å². The maximum absolute atomic E-state index is 11.9. The Kier molecular flexibility index (Phi) is 7.51. The van der Waals surface area contributed by atoms with Crippen molar-refractivity contribution in [3.63, 3.8) is 0 Å². The van der Waals surface area contributed by atoms with Crippen molar-refractivity contribution in [1.82, 2.24) is 4.90 Å². The van der Waals surface area contributed by atoms with Gasteiger partial charge in [-0.3, -0.25) is 4.90 Å². The number of esters is 1. The van der Waals surface area contributed by atoms with Crippen molar-refractivity contribution >= 4 is 21.9 Å². The van der Waals surface area contributed by atoms with Crippen LogP contribution < -0.4 is 12.4 Å². The highest BCUT2D eigenvalue weighted by Crippen LogP contribution is 2.12. The highest BCUT2D eigenvalue weighted by molar-refractivity contribution is 9.10. The minimum absolute atomic E-state index is 0. The number of nitrogens with zero attached hydrogens (tertiary/aromatic N) is 1. The smallest absolute Gasteiger partial charge is 1.00 e. The topological polar surface area (TPSA) is 38.8 Å². The van der Waals surface area contributed by atoms with Crippen molar-refractivity contribution in [3.05, 3.63) is 34.3 Å². The molecular weight excluding hydrogens is 346 g/mol. The van der Waals surface area contributed by atoms with Gasteiger partial charge in [0.15, 0.2) is 0 Å². The summed E-state index contributed by atoms with van der Waals surface area (Å²) < 4.78 is 11.7. The molecule has 1 atom stereocenters. The molecular formula is C14H19BrClNO3. The molecule has 0 N–H and O–H groups in total. The first kappa shape index (κ1) is 17.4. The van der Waals surface area contributed by atoms with E-state index in [2.05, 4.69) is 20.8 Å². The summed E-state index contributed by atoms with van der Waals surface area (Å²) in [5.41, 5.74) is 0.581. The maximum atomic E-state index is 11.9. The summed E-state index contributed by atoms with van der Waals surface area (Å²) >= 11 is 3.34. The number of rotatable bonds is 4. The number of carbonyl (C=O) groups excluding carboxylic acids is 1. The molecule has 0 radical (unpaired) electrons. The van der Waals surface area contributed by atoms with Crippen LogP contribution in [-0.4, -0.2) is 49.8 Å². The van der Waals surface area contributed by atoms with Crippen molar-refractivity contribution in [1.29, 1.82) is 0 Å². The molecule has 1 aliphatic rings. The standard InChI is InChI=1S/C14H18BrNO3.ClH/c1-11(10-16-6-8-18-9-7-16)19-14(17)12-2-4-13(15)5-3-12;/h2-5,11H,6-10H2,1H3;1H.